The maximum Gasteiger partial charge on any atom is 0.140 e. The fourth-order valence-electron chi connectivity index (χ4n) is 3.28. The van der Waals surface area contributed by atoms with E-state index in [-0.39, 0.29) is 6.10 Å². The molecule has 0 amide bonds. The van der Waals surface area contributed by atoms with Crippen molar-refractivity contribution in [2.45, 2.75) is 13.0 Å². The lowest BCUT2D eigenvalue weighted by molar-refractivity contribution is 0.223. The van der Waals surface area contributed by atoms with Gasteiger partial charge >= 0.3 is 0 Å². The molecular formula is C19H17N7O. The largest absolute Gasteiger partial charge is 0.484 e. The topological polar surface area (TPSA) is 85.9 Å². The number of hydrogen-bond acceptors (Lipinski definition) is 5. The molecule has 0 saturated carbocycles. The van der Waals surface area contributed by atoms with Crippen LogP contribution in [-0.4, -0.2) is 34.6 Å². The number of H-pyrrole nitrogens is 1. The molecular weight excluding hydrogens is 342 g/mol. The molecule has 0 aliphatic heterocycles. The quantitative estimate of drug-likeness (QED) is 0.533. The van der Waals surface area contributed by atoms with E-state index in [4.69, 9.17) is 4.74 Å². The van der Waals surface area contributed by atoms with E-state index in [1.54, 1.807) is 27.8 Å². The van der Waals surface area contributed by atoms with Crippen molar-refractivity contribution in [1.82, 2.24) is 34.6 Å². The van der Waals surface area contributed by atoms with E-state index in [9.17, 15) is 0 Å². The predicted octanol–water partition coefficient (Wildman–Crippen LogP) is 3.15. The highest BCUT2D eigenvalue weighted by Crippen LogP contribution is 2.31. The van der Waals surface area contributed by atoms with Crippen LogP contribution in [0.15, 0.2) is 55.2 Å². The summed E-state index contributed by atoms with van der Waals surface area (Å²) in [5, 5.41) is 17.0. The van der Waals surface area contributed by atoms with Gasteiger partial charge in [-0.3, -0.25) is 14.8 Å². The summed E-state index contributed by atoms with van der Waals surface area (Å²) in [7, 11) is 1.89. The molecule has 4 aromatic heterocycles. The Labute approximate surface area is 154 Å². The average Bonchev–Trinajstić information content (AvgIpc) is 3.39. The van der Waals surface area contributed by atoms with Gasteiger partial charge in [0.15, 0.2) is 0 Å². The van der Waals surface area contributed by atoms with Crippen LogP contribution in [0.2, 0.25) is 0 Å². The molecule has 0 aliphatic carbocycles. The number of benzene rings is 1. The molecule has 0 spiro atoms. The normalized spacial score (nSPS) is 12.7. The first-order chi connectivity index (χ1) is 13.2. The summed E-state index contributed by atoms with van der Waals surface area (Å²) in [5.41, 5.74) is 4.54. The third-order valence-corrected chi connectivity index (χ3v) is 4.56. The van der Waals surface area contributed by atoms with E-state index in [2.05, 4.69) is 25.4 Å². The molecule has 5 rings (SSSR count). The summed E-state index contributed by atoms with van der Waals surface area (Å²) in [6.45, 7) is 1.98. The number of nitrogens with one attached hydrogen (secondary N) is 1. The van der Waals surface area contributed by atoms with Gasteiger partial charge in [-0.2, -0.15) is 15.3 Å². The van der Waals surface area contributed by atoms with Gasteiger partial charge in [0.05, 0.1) is 23.4 Å². The summed E-state index contributed by atoms with van der Waals surface area (Å²) < 4.78 is 9.74. The molecule has 0 radical (unpaired) electrons. The molecule has 1 aromatic carbocycles. The number of rotatable bonds is 4. The molecule has 5 aromatic rings. The lowest BCUT2D eigenvalue weighted by atomic mass is 10.1. The predicted molar refractivity (Wildman–Crippen MR) is 100 cm³/mol. The van der Waals surface area contributed by atoms with Crippen molar-refractivity contribution < 1.29 is 4.74 Å². The number of nitrogens with zero attached hydrogens (tertiary/aromatic N) is 6. The fourth-order valence-corrected chi connectivity index (χ4v) is 3.28. The van der Waals surface area contributed by atoms with Gasteiger partial charge in [-0.25, -0.2) is 4.52 Å². The second-order valence-corrected chi connectivity index (χ2v) is 6.42. The van der Waals surface area contributed by atoms with Crippen molar-refractivity contribution >= 4 is 16.4 Å². The minimum atomic E-state index is -0.225. The van der Waals surface area contributed by atoms with Crippen molar-refractivity contribution in [2.24, 2.45) is 7.05 Å². The van der Waals surface area contributed by atoms with Gasteiger partial charge in [0.2, 0.25) is 0 Å². The van der Waals surface area contributed by atoms with Crippen LogP contribution >= 0.6 is 0 Å². The average molecular weight is 359 g/mol. The van der Waals surface area contributed by atoms with Crippen LogP contribution < -0.4 is 4.74 Å². The van der Waals surface area contributed by atoms with Gasteiger partial charge in [0, 0.05) is 36.6 Å². The van der Waals surface area contributed by atoms with Crippen LogP contribution in [-0.2, 0) is 7.05 Å². The minimum absolute atomic E-state index is 0.225. The van der Waals surface area contributed by atoms with E-state index in [0.29, 0.717) is 0 Å². The van der Waals surface area contributed by atoms with Gasteiger partial charge in [0.1, 0.15) is 23.2 Å². The number of fused-ring (bicyclic) bond motifs is 2. The Morgan fingerprint density at radius 2 is 2.07 bits per heavy atom. The smallest absolute Gasteiger partial charge is 0.140 e. The van der Waals surface area contributed by atoms with Gasteiger partial charge in [-0.05, 0) is 31.2 Å². The van der Waals surface area contributed by atoms with E-state index in [1.807, 2.05) is 50.6 Å². The third-order valence-electron chi connectivity index (χ3n) is 4.56. The zero-order valence-electron chi connectivity index (χ0n) is 14.9. The number of aryl methyl sites for hydroxylation is 1. The maximum absolute atomic E-state index is 6.19. The van der Waals surface area contributed by atoms with Crippen LogP contribution in [0.1, 0.15) is 18.7 Å². The van der Waals surface area contributed by atoms with Crippen LogP contribution in [0.3, 0.4) is 0 Å². The van der Waals surface area contributed by atoms with E-state index < -0.39 is 0 Å². The summed E-state index contributed by atoms with van der Waals surface area (Å²) in [6, 6.07) is 7.83. The first kappa shape index (κ1) is 15.6. The molecule has 4 heterocycles. The summed E-state index contributed by atoms with van der Waals surface area (Å²) in [6.07, 6.45) is 8.83. The Kier molecular flexibility index (Phi) is 3.43. The zero-order chi connectivity index (χ0) is 18.4. The lowest BCUT2D eigenvalue weighted by Gasteiger charge is -2.15. The molecule has 0 fully saturated rings. The number of ether oxygens (including phenoxy) is 1. The van der Waals surface area contributed by atoms with Crippen LogP contribution in [0, 0.1) is 0 Å². The molecule has 8 nitrogen and oxygen atoms in total. The van der Waals surface area contributed by atoms with Crippen LogP contribution in [0.25, 0.3) is 27.7 Å². The summed E-state index contributed by atoms with van der Waals surface area (Å²) in [4.78, 5) is 4.48. The molecule has 0 saturated heterocycles. The molecule has 27 heavy (non-hydrogen) atoms. The molecule has 0 aliphatic rings. The minimum Gasteiger partial charge on any atom is -0.484 e. The number of aromatic amines is 1. The first-order valence-electron chi connectivity index (χ1n) is 8.61. The second kappa shape index (κ2) is 5.94. The lowest BCUT2D eigenvalue weighted by Crippen LogP contribution is -2.07. The monoisotopic (exact) mass is 359 g/mol. The standard InChI is InChI=1S/C19H17N7O/c1-12(18-17-5-6-21-26(17)8-7-20-18)27-14-3-4-16-15(9-14)19(24-23-16)13-10-22-25(2)11-13/h3-12H,1-2H3,(H,23,24). The number of aromatic nitrogens is 7. The first-order valence-corrected chi connectivity index (χ1v) is 8.61. The Morgan fingerprint density at radius 3 is 2.93 bits per heavy atom. The molecule has 0 bridgehead atoms. The van der Waals surface area contributed by atoms with Gasteiger partial charge in [-0.1, -0.05) is 0 Å². The van der Waals surface area contributed by atoms with Gasteiger partial charge < -0.3 is 4.74 Å². The molecule has 1 atom stereocenters. The third kappa shape index (κ3) is 2.62. The highest BCUT2D eigenvalue weighted by Gasteiger charge is 2.15. The SMILES string of the molecule is CC(Oc1ccc2[nH]nc(-c3cnn(C)c3)c2c1)c1nccn2nccc12. The highest BCUT2D eigenvalue weighted by atomic mass is 16.5. The fraction of sp³-hybridized carbons (Fsp3) is 0.158. The van der Waals surface area contributed by atoms with Gasteiger partial charge in [0.25, 0.3) is 0 Å². The van der Waals surface area contributed by atoms with Crippen molar-refractivity contribution in [3.63, 3.8) is 0 Å². The van der Waals surface area contributed by atoms with Crippen molar-refractivity contribution in [3.8, 4) is 17.0 Å². The zero-order valence-corrected chi connectivity index (χ0v) is 14.9. The summed E-state index contributed by atoms with van der Waals surface area (Å²) >= 11 is 0. The Hall–Kier alpha value is -3.68. The molecule has 134 valence electrons. The molecule has 1 N–H and O–H groups in total. The van der Waals surface area contributed by atoms with Crippen molar-refractivity contribution in [2.75, 3.05) is 0 Å². The number of hydrogen-bond donors (Lipinski definition) is 1. The Morgan fingerprint density at radius 1 is 1.15 bits per heavy atom. The van der Waals surface area contributed by atoms with E-state index in [0.717, 1.165) is 39.1 Å². The Balaban J connectivity index is 1.51. The van der Waals surface area contributed by atoms with Gasteiger partial charge in [-0.15, -0.1) is 0 Å². The molecule has 8 heteroatoms. The highest BCUT2D eigenvalue weighted by molar-refractivity contribution is 5.93. The second-order valence-electron chi connectivity index (χ2n) is 6.42. The van der Waals surface area contributed by atoms with Crippen LogP contribution in [0.4, 0.5) is 0 Å². The van der Waals surface area contributed by atoms with Crippen molar-refractivity contribution in [1.29, 1.82) is 0 Å². The maximum atomic E-state index is 6.19. The summed E-state index contributed by atoms with van der Waals surface area (Å²) in [5.74, 6) is 0.754. The van der Waals surface area contributed by atoms with E-state index in [1.165, 1.54) is 0 Å². The van der Waals surface area contributed by atoms with Crippen LogP contribution in [0.5, 0.6) is 5.75 Å². The van der Waals surface area contributed by atoms with Crippen molar-refractivity contribution in [3.05, 3.63) is 60.9 Å². The van der Waals surface area contributed by atoms with E-state index >= 15 is 0 Å². The Bertz CT molecular complexity index is 1250. The molecule has 1 unspecified atom stereocenters.